The van der Waals surface area contributed by atoms with Crippen molar-refractivity contribution in [1.29, 1.82) is 0 Å². The molecule has 0 radical (unpaired) electrons. The van der Waals surface area contributed by atoms with E-state index in [-0.39, 0.29) is 40.5 Å². The Balaban J connectivity index is 1.43. The number of aromatic nitrogens is 2. The number of ether oxygens (including phenoxy) is 1. The summed E-state index contributed by atoms with van der Waals surface area (Å²) in [7, 11) is 0. The molecule has 0 bridgehead atoms. The summed E-state index contributed by atoms with van der Waals surface area (Å²) in [6.07, 6.45) is 1.50. The Morgan fingerprint density at radius 1 is 1.00 bits per heavy atom. The van der Waals surface area contributed by atoms with E-state index in [0.29, 0.717) is 16.3 Å². The second kappa shape index (κ2) is 10.3. The van der Waals surface area contributed by atoms with Crippen molar-refractivity contribution in [1.82, 2.24) is 9.78 Å². The average Bonchev–Trinajstić information content (AvgIpc) is 3.15. The van der Waals surface area contributed by atoms with Crippen LogP contribution in [0, 0.1) is 5.82 Å². The number of halogens is 4. The molecule has 168 valence electrons. The van der Waals surface area contributed by atoms with Crippen molar-refractivity contribution >= 4 is 46.5 Å². The smallest absolute Gasteiger partial charge is 0.256 e. The number of hydrogen-bond donors (Lipinski definition) is 1. The van der Waals surface area contributed by atoms with Gasteiger partial charge in [-0.3, -0.25) is 9.48 Å². The first kappa shape index (κ1) is 23.1. The summed E-state index contributed by atoms with van der Waals surface area (Å²) in [5, 5.41) is 8.06. The maximum atomic E-state index is 14.1. The molecule has 0 atom stereocenters. The van der Waals surface area contributed by atoms with Gasteiger partial charge in [0.15, 0.2) is 5.82 Å². The number of hydrogen-bond acceptors (Lipinski definition) is 3. The van der Waals surface area contributed by atoms with Crippen LogP contribution < -0.4 is 10.1 Å². The third-order valence-electron chi connectivity index (χ3n) is 4.74. The average molecular weight is 505 g/mol. The van der Waals surface area contributed by atoms with Crippen molar-refractivity contribution in [2.24, 2.45) is 0 Å². The molecule has 0 aliphatic heterocycles. The van der Waals surface area contributed by atoms with Crippen LogP contribution in [-0.2, 0) is 13.2 Å². The van der Waals surface area contributed by atoms with Crippen LogP contribution in [0.1, 0.15) is 21.5 Å². The van der Waals surface area contributed by atoms with Crippen LogP contribution in [0.15, 0.2) is 72.9 Å². The minimum atomic E-state index is -0.447. The topological polar surface area (TPSA) is 56.2 Å². The van der Waals surface area contributed by atoms with Gasteiger partial charge in [0.2, 0.25) is 0 Å². The summed E-state index contributed by atoms with van der Waals surface area (Å²) in [5.41, 5.74) is 1.50. The molecule has 9 heteroatoms. The summed E-state index contributed by atoms with van der Waals surface area (Å²) in [6.45, 7) is 0.347. The Hall–Kier alpha value is -3.06. The van der Waals surface area contributed by atoms with Gasteiger partial charge in [-0.1, -0.05) is 53.0 Å². The molecule has 0 aliphatic rings. The van der Waals surface area contributed by atoms with E-state index < -0.39 is 5.82 Å². The molecule has 0 aliphatic carbocycles. The number of carbonyl (C=O) groups excluding carboxylic acids is 1. The number of rotatable bonds is 7. The number of amides is 1. The van der Waals surface area contributed by atoms with Gasteiger partial charge < -0.3 is 10.1 Å². The first-order valence-electron chi connectivity index (χ1n) is 9.83. The normalized spacial score (nSPS) is 10.8. The van der Waals surface area contributed by atoms with Crippen LogP contribution >= 0.6 is 34.8 Å². The highest BCUT2D eigenvalue weighted by molar-refractivity contribution is 6.33. The highest BCUT2D eigenvalue weighted by atomic mass is 35.5. The lowest BCUT2D eigenvalue weighted by Crippen LogP contribution is -2.14. The van der Waals surface area contributed by atoms with Crippen molar-refractivity contribution < 1.29 is 13.9 Å². The van der Waals surface area contributed by atoms with Crippen molar-refractivity contribution in [2.45, 2.75) is 13.2 Å². The van der Waals surface area contributed by atoms with E-state index in [1.165, 1.54) is 23.0 Å². The van der Waals surface area contributed by atoms with E-state index in [2.05, 4.69) is 10.4 Å². The van der Waals surface area contributed by atoms with E-state index in [9.17, 15) is 9.18 Å². The van der Waals surface area contributed by atoms with E-state index in [0.717, 1.165) is 5.56 Å². The Morgan fingerprint density at radius 2 is 1.76 bits per heavy atom. The molecule has 33 heavy (non-hydrogen) atoms. The van der Waals surface area contributed by atoms with Gasteiger partial charge >= 0.3 is 0 Å². The Labute approximate surface area is 204 Å². The SMILES string of the molecule is O=C(Nc1nn(Cc2c(F)cccc2Cl)cc1Cl)c1cccc(COc2ccc(Cl)cc2)c1. The van der Waals surface area contributed by atoms with Crippen molar-refractivity contribution in [3.05, 3.63) is 111 Å². The molecule has 3 aromatic carbocycles. The zero-order chi connectivity index (χ0) is 23.4. The first-order chi connectivity index (χ1) is 15.9. The largest absolute Gasteiger partial charge is 0.489 e. The molecule has 5 nitrogen and oxygen atoms in total. The number of nitrogens with one attached hydrogen (secondary N) is 1. The number of nitrogens with zero attached hydrogens (tertiary/aromatic N) is 2. The fourth-order valence-electron chi connectivity index (χ4n) is 3.09. The van der Waals surface area contributed by atoms with Gasteiger partial charge in [-0.05, 0) is 54.1 Å². The fraction of sp³-hybridized carbons (Fsp3) is 0.0833. The fourth-order valence-corrected chi connectivity index (χ4v) is 3.63. The maximum Gasteiger partial charge on any atom is 0.256 e. The molecule has 0 saturated heterocycles. The predicted octanol–water partition coefficient (Wildman–Crippen LogP) is 6.86. The first-order valence-corrected chi connectivity index (χ1v) is 11.0. The van der Waals surface area contributed by atoms with E-state index in [1.54, 1.807) is 48.5 Å². The summed E-state index contributed by atoms with van der Waals surface area (Å²) >= 11 is 18.2. The third kappa shape index (κ3) is 5.85. The zero-order valence-electron chi connectivity index (χ0n) is 17.1. The third-order valence-corrected chi connectivity index (χ3v) is 5.62. The highest BCUT2D eigenvalue weighted by Gasteiger charge is 2.15. The summed E-state index contributed by atoms with van der Waals surface area (Å²) in [6, 6.07) is 18.5. The van der Waals surface area contributed by atoms with Gasteiger partial charge in [0.25, 0.3) is 5.91 Å². The Bertz CT molecular complexity index is 1270. The lowest BCUT2D eigenvalue weighted by Gasteiger charge is -2.08. The maximum absolute atomic E-state index is 14.1. The molecule has 4 rings (SSSR count). The lowest BCUT2D eigenvalue weighted by atomic mass is 10.1. The highest BCUT2D eigenvalue weighted by Crippen LogP contribution is 2.24. The second-order valence-corrected chi connectivity index (χ2v) is 8.37. The molecule has 0 fully saturated rings. The van der Waals surface area contributed by atoms with Gasteiger partial charge in [0, 0.05) is 27.4 Å². The van der Waals surface area contributed by atoms with Crippen molar-refractivity contribution in [2.75, 3.05) is 5.32 Å². The van der Waals surface area contributed by atoms with Gasteiger partial charge in [0.05, 0.1) is 6.54 Å². The van der Waals surface area contributed by atoms with Crippen LogP contribution in [-0.4, -0.2) is 15.7 Å². The van der Waals surface area contributed by atoms with E-state index in [4.69, 9.17) is 39.5 Å². The standard InChI is InChI=1S/C24H17Cl3FN3O2/c25-17-7-9-18(10-8-17)33-14-15-3-1-4-16(11-15)24(32)29-23-21(27)13-31(30-23)12-19-20(26)5-2-6-22(19)28/h1-11,13H,12,14H2,(H,29,30,32). The van der Waals surface area contributed by atoms with Crippen molar-refractivity contribution in [3.63, 3.8) is 0 Å². The minimum absolute atomic E-state index is 0.0681. The number of carbonyl (C=O) groups is 1. The zero-order valence-corrected chi connectivity index (χ0v) is 19.3. The van der Waals surface area contributed by atoms with Crippen LogP contribution in [0.3, 0.4) is 0 Å². The molecular weight excluding hydrogens is 488 g/mol. The molecule has 4 aromatic rings. The number of benzene rings is 3. The lowest BCUT2D eigenvalue weighted by molar-refractivity contribution is 0.102. The van der Waals surface area contributed by atoms with Gasteiger partial charge in [-0.2, -0.15) is 5.10 Å². The van der Waals surface area contributed by atoms with Gasteiger partial charge in [-0.25, -0.2) is 4.39 Å². The predicted molar refractivity (Wildman–Crippen MR) is 128 cm³/mol. The molecule has 1 heterocycles. The molecule has 0 saturated carbocycles. The van der Waals surface area contributed by atoms with E-state index in [1.807, 2.05) is 6.07 Å². The van der Waals surface area contributed by atoms with Gasteiger partial charge in [0.1, 0.15) is 23.2 Å². The molecule has 1 N–H and O–H groups in total. The Morgan fingerprint density at radius 3 is 2.52 bits per heavy atom. The Kier molecular flexibility index (Phi) is 7.18. The van der Waals surface area contributed by atoms with Crippen LogP contribution in [0.5, 0.6) is 5.75 Å². The molecular formula is C24H17Cl3FN3O2. The van der Waals surface area contributed by atoms with Crippen LogP contribution in [0.2, 0.25) is 15.1 Å². The monoisotopic (exact) mass is 503 g/mol. The molecule has 0 unspecified atom stereocenters. The van der Waals surface area contributed by atoms with E-state index >= 15 is 0 Å². The van der Waals surface area contributed by atoms with Crippen molar-refractivity contribution in [3.8, 4) is 5.75 Å². The summed E-state index contributed by atoms with van der Waals surface area (Å²) < 4.78 is 21.2. The molecule has 0 spiro atoms. The number of anilines is 1. The molecule has 1 aromatic heterocycles. The summed E-state index contributed by atoms with van der Waals surface area (Å²) in [4.78, 5) is 12.8. The van der Waals surface area contributed by atoms with Gasteiger partial charge in [-0.15, -0.1) is 0 Å². The molecule has 1 amide bonds. The summed E-state index contributed by atoms with van der Waals surface area (Å²) in [5.74, 6) is -0.00441. The minimum Gasteiger partial charge on any atom is -0.489 e. The quantitative estimate of drug-likeness (QED) is 0.299. The second-order valence-electron chi connectivity index (χ2n) is 7.12. The van der Waals surface area contributed by atoms with Crippen LogP contribution in [0.4, 0.5) is 10.2 Å². The van der Waals surface area contributed by atoms with Crippen LogP contribution in [0.25, 0.3) is 0 Å².